The summed E-state index contributed by atoms with van der Waals surface area (Å²) in [6, 6.07) is 10.2. The van der Waals surface area contributed by atoms with Crippen molar-refractivity contribution >= 4 is 64.1 Å². The number of nitrogens with one attached hydrogen (secondary N) is 6. The van der Waals surface area contributed by atoms with E-state index in [4.69, 9.17) is 32.4 Å². The summed E-state index contributed by atoms with van der Waals surface area (Å²) in [5, 5.41) is 23.7. The Kier molecular flexibility index (Phi) is 12.9. The standard InChI is InChI=1S/C37H46Cl2N8O6/c1-6-20(4)28(43-36(51)52-19-22-12-10-9-11-13-22)31(48)45-37(15-14-27-25(18-37)24-16-23(38)17-26(39)30(24)41-27)33(49)42-29(21(5)7-2)32-46-47-35(53-32)44-34(50)40-8-3/h9-13,16-17,20-21,28-29,41H,6-8,14-15,18-19H2,1-5H3,(H,42,49)(H,43,51)(H,45,48)(H2,40,44,47,50)/t20-,21-,28-,29-,37+/m0/s1. The second-order valence-electron chi connectivity index (χ2n) is 13.5. The molecule has 5 atom stereocenters. The molecule has 2 aromatic heterocycles. The first-order valence-electron chi connectivity index (χ1n) is 17.8. The van der Waals surface area contributed by atoms with Gasteiger partial charge >= 0.3 is 18.1 Å². The number of anilines is 1. The molecular formula is C37H46Cl2N8O6. The topological polar surface area (TPSA) is 192 Å². The highest BCUT2D eigenvalue weighted by atomic mass is 35.5. The fourth-order valence-corrected chi connectivity index (χ4v) is 6.95. The molecule has 0 aliphatic heterocycles. The minimum atomic E-state index is -1.50. The Hall–Kier alpha value is -4.82. The van der Waals surface area contributed by atoms with E-state index in [-0.39, 0.29) is 43.2 Å². The van der Waals surface area contributed by atoms with Crippen LogP contribution in [0.25, 0.3) is 10.9 Å². The van der Waals surface area contributed by atoms with Gasteiger partial charge in [0.25, 0.3) is 0 Å². The third kappa shape index (κ3) is 9.22. The number of urea groups is 1. The molecule has 14 nitrogen and oxygen atoms in total. The Morgan fingerprint density at radius 3 is 2.43 bits per heavy atom. The molecule has 4 aromatic rings. The lowest BCUT2D eigenvalue weighted by Gasteiger charge is -2.39. The number of fused-ring (bicyclic) bond motifs is 3. The normalized spacial score (nSPS) is 17.5. The molecule has 0 unspecified atom stereocenters. The molecule has 2 heterocycles. The van der Waals surface area contributed by atoms with Crippen molar-refractivity contribution in [3.63, 3.8) is 0 Å². The highest BCUT2D eigenvalue weighted by Crippen LogP contribution is 2.39. The van der Waals surface area contributed by atoms with Gasteiger partial charge in [0, 0.05) is 29.1 Å². The highest BCUT2D eigenvalue weighted by molar-refractivity contribution is 6.38. The van der Waals surface area contributed by atoms with Gasteiger partial charge in [0.05, 0.1) is 10.5 Å². The van der Waals surface area contributed by atoms with Crippen molar-refractivity contribution in [2.45, 2.75) is 91.0 Å². The number of aromatic nitrogens is 3. The van der Waals surface area contributed by atoms with E-state index in [0.717, 1.165) is 22.2 Å². The van der Waals surface area contributed by atoms with Crippen LogP contribution in [0.15, 0.2) is 46.9 Å². The molecule has 53 heavy (non-hydrogen) atoms. The zero-order valence-corrected chi connectivity index (χ0v) is 31.9. The summed E-state index contributed by atoms with van der Waals surface area (Å²) >= 11 is 13.0. The number of aryl methyl sites for hydroxylation is 1. The second kappa shape index (κ2) is 17.3. The third-order valence-electron chi connectivity index (χ3n) is 9.84. The van der Waals surface area contributed by atoms with Crippen molar-refractivity contribution in [3.8, 4) is 0 Å². The molecule has 0 spiro atoms. The van der Waals surface area contributed by atoms with E-state index >= 15 is 0 Å². The predicted molar refractivity (Wildman–Crippen MR) is 202 cm³/mol. The summed E-state index contributed by atoms with van der Waals surface area (Å²) in [7, 11) is 0. The summed E-state index contributed by atoms with van der Waals surface area (Å²) in [4.78, 5) is 57.7. The van der Waals surface area contributed by atoms with E-state index < -0.39 is 41.6 Å². The van der Waals surface area contributed by atoms with E-state index in [1.165, 1.54) is 0 Å². The molecule has 1 aliphatic rings. The van der Waals surface area contributed by atoms with Crippen LogP contribution in [0.2, 0.25) is 10.0 Å². The quantitative estimate of drug-likeness (QED) is 0.0828. The number of benzene rings is 2. The molecule has 0 bridgehead atoms. The lowest BCUT2D eigenvalue weighted by Crippen LogP contribution is -2.65. The summed E-state index contributed by atoms with van der Waals surface area (Å²) in [6.07, 6.45) is 1.11. The number of carbonyl (C=O) groups excluding carboxylic acids is 4. The summed E-state index contributed by atoms with van der Waals surface area (Å²) in [6.45, 7) is 9.82. The maximum atomic E-state index is 14.8. The first-order valence-corrected chi connectivity index (χ1v) is 18.6. The van der Waals surface area contributed by atoms with E-state index in [2.05, 4.69) is 41.8 Å². The maximum absolute atomic E-state index is 14.8. The monoisotopic (exact) mass is 768 g/mol. The molecule has 6 N–H and O–H groups in total. The number of aromatic amines is 1. The van der Waals surface area contributed by atoms with Crippen molar-refractivity contribution in [1.82, 2.24) is 36.4 Å². The first-order chi connectivity index (χ1) is 25.4. The van der Waals surface area contributed by atoms with Crippen LogP contribution >= 0.6 is 23.2 Å². The van der Waals surface area contributed by atoms with E-state index in [1.54, 1.807) is 19.1 Å². The zero-order valence-electron chi connectivity index (χ0n) is 30.4. The van der Waals surface area contributed by atoms with Gasteiger partial charge in [-0.3, -0.25) is 14.9 Å². The fourth-order valence-electron chi connectivity index (χ4n) is 6.41. The molecule has 1 aliphatic carbocycles. The van der Waals surface area contributed by atoms with Crippen LogP contribution < -0.4 is 26.6 Å². The van der Waals surface area contributed by atoms with E-state index in [0.29, 0.717) is 41.4 Å². The molecule has 2 aromatic carbocycles. The number of H-pyrrole nitrogens is 1. The number of nitrogens with zero attached hydrogens (tertiary/aromatic N) is 2. The molecule has 0 radical (unpaired) electrons. The van der Waals surface area contributed by atoms with Crippen molar-refractivity contribution < 1.29 is 28.3 Å². The number of alkyl carbamates (subject to hydrolysis) is 1. The van der Waals surface area contributed by atoms with Crippen LogP contribution in [0.1, 0.15) is 82.6 Å². The van der Waals surface area contributed by atoms with E-state index in [9.17, 15) is 19.2 Å². The Morgan fingerprint density at radius 2 is 1.74 bits per heavy atom. The third-order valence-corrected chi connectivity index (χ3v) is 10.4. The number of hydrogen-bond donors (Lipinski definition) is 6. The highest BCUT2D eigenvalue weighted by Gasteiger charge is 2.47. The van der Waals surface area contributed by atoms with Gasteiger partial charge in [0.15, 0.2) is 0 Å². The molecule has 284 valence electrons. The number of halogens is 2. The molecular weight excluding hydrogens is 723 g/mol. The summed E-state index contributed by atoms with van der Waals surface area (Å²) in [5.41, 5.74) is 1.64. The largest absolute Gasteiger partial charge is 0.445 e. The summed E-state index contributed by atoms with van der Waals surface area (Å²) < 4.78 is 11.3. The van der Waals surface area contributed by atoms with Gasteiger partial charge < -0.3 is 35.4 Å². The predicted octanol–water partition coefficient (Wildman–Crippen LogP) is 6.59. The first kappa shape index (κ1) is 39.4. The average molecular weight is 770 g/mol. The number of hydrogen-bond acceptors (Lipinski definition) is 8. The molecule has 0 saturated heterocycles. The Balaban J connectivity index is 1.47. The van der Waals surface area contributed by atoms with Crippen LogP contribution in [0, 0.1) is 11.8 Å². The maximum Gasteiger partial charge on any atom is 0.408 e. The number of amides is 5. The number of rotatable bonds is 14. The van der Waals surface area contributed by atoms with Crippen molar-refractivity contribution in [2.24, 2.45) is 11.8 Å². The van der Waals surface area contributed by atoms with E-state index in [1.807, 2.05) is 58.0 Å². The van der Waals surface area contributed by atoms with Gasteiger partial charge in [-0.2, -0.15) is 0 Å². The van der Waals surface area contributed by atoms with Crippen LogP contribution in [0.5, 0.6) is 0 Å². The van der Waals surface area contributed by atoms with Crippen LogP contribution in [-0.2, 0) is 33.8 Å². The van der Waals surface area contributed by atoms with Gasteiger partial charge in [-0.05, 0) is 54.9 Å². The molecule has 0 fully saturated rings. The van der Waals surface area contributed by atoms with Crippen LogP contribution in [-0.4, -0.2) is 57.2 Å². The number of carbonyl (C=O) groups is 4. The Labute approximate surface area is 317 Å². The molecule has 16 heteroatoms. The Morgan fingerprint density at radius 1 is 1.00 bits per heavy atom. The van der Waals surface area contributed by atoms with Crippen molar-refractivity contribution in [3.05, 3.63) is 75.2 Å². The zero-order chi connectivity index (χ0) is 38.3. The minimum Gasteiger partial charge on any atom is -0.445 e. The van der Waals surface area contributed by atoms with Crippen molar-refractivity contribution in [2.75, 3.05) is 11.9 Å². The SMILES string of the molecule is CCNC(=O)Nc1nnc([C@@H](NC(=O)[C@@]2(NC(=O)[C@@H](NC(=O)OCc3ccccc3)[C@@H](C)CC)CCc3[nH]c4c(Cl)cc(Cl)cc4c3C2)[C@@H](C)CC)o1. The van der Waals surface area contributed by atoms with Gasteiger partial charge in [-0.15, -0.1) is 5.10 Å². The molecule has 0 saturated carbocycles. The smallest absolute Gasteiger partial charge is 0.408 e. The number of ether oxygens (including phenoxy) is 1. The van der Waals surface area contributed by atoms with Gasteiger partial charge in [-0.1, -0.05) is 99.2 Å². The van der Waals surface area contributed by atoms with Crippen LogP contribution in [0.3, 0.4) is 0 Å². The molecule has 5 rings (SSSR count). The van der Waals surface area contributed by atoms with Gasteiger partial charge in [0.2, 0.25) is 17.7 Å². The fraction of sp³-hybridized carbons (Fsp3) is 0.459. The minimum absolute atomic E-state index is 0.0233. The van der Waals surface area contributed by atoms with Gasteiger partial charge in [0.1, 0.15) is 24.2 Å². The Bertz CT molecular complexity index is 1930. The van der Waals surface area contributed by atoms with Crippen molar-refractivity contribution in [1.29, 1.82) is 0 Å². The second-order valence-corrected chi connectivity index (χ2v) is 14.3. The average Bonchev–Trinajstić information content (AvgIpc) is 3.75. The summed E-state index contributed by atoms with van der Waals surface area (Å²) in [5.74, 6) is -1.45. The lowest BCUT2D eigenvalue weighted by atomic mass is 9.78. The van der Waals surface area contributed by atoms with Crippen LogP contribution in [0.4, 0.5) is 15.6 Å². The molecule has 5 amide bonds. The lowest BCUT2D eigenvalue weighted by molar-refractivity contribution is -0.136. The van der Waals surface area contributed by atoms with Gasteiger partial charge in [-0.25, -0.2) is 9.59 Å².